The molecule has 6 heteroatoms. The Bertz CT molecular complexity index is 795. The van der Waals surface area contributed by atoms with Crippen LogP contribution in [0.3, 0.4) is 0 Å². The second kappa shape index (κ2) is 5.65. The maximum atomic E-state index is 12.3. The van der Waals surface area contributed by atoms with E-state index in [0.29, 0.717) is 15.7 Å². The summed E-state index contributed by atoms with van der Waals surface area (Å²) in [7, 11) is -3.69. The molecule has 0 atom stereocenters. The summed E-state index contributed by atoms with van der Waals surface area (Å²) in [6, 6.07) is 13.3. The van der Waals surface area contributed by atoms with Crippen LogP contribution in [0.1, 0.15) is 11.1 Å². The molecule has 2 aromatic rings. The first kappa shape index (κ1) is 14.6. The van der Waals surface area contributed by atoms with E-state index in [2.05, 4.69) is 20.7 Å². The quantitative estimate of drug-likeness (QED) is 0.921. The lowest BCUT2D eigenvalue weighted by Gasteiger charge is -2.10. The maximum absolute atomic E-state index is 12.3. The topological polar surface area (TPSA) is 70.0 Å². The summed E-state index contributed by atoms with van der Waals surface area (Å²) in [5, 5.41) is 8.82. The minimum absolute atomic E-state index is 0.158. The Morgan fingerprint density at radius 3 is 2.60 bits per heavy atom. The van der Waals surface area contributed by atoms with E-state index in [0.717, 1.165) is 5.56 Å². The summed E-state index contributed by atoms with van der Waals surface area (Å²) >= 11 is 3.25. The molecule has 0 spiro atoms. The minimum atomic E-state index is -3.69. The highest BCUT2D eigenvalue weighted by Crippen LogP contribution is 2.25. The summed E-state index contributed by atoms with van der Waals surface area (Å²) in [5.41, 5.74) is 1.71. The third-order valence-corrected chi connectivity index (χ3v) is 4.98. The van der Waals surface area contributed by atoms with E-state index >= 15 is 0 Å². The average molecular weight is 351 g/mol. The van der Waals surface area contributed by atoms with Crippen molar-refractivity contribution in [3.05, 3.63) is 58.1 Å². The van der Waals surface area contributed by atoms with Gasteiger partial charge in [-0.2, -0.15) is 5.26 Å². The second-order valence-corrected chi connectivity index (χ2v) is 6.74. The fourth-order valence-corrected chi connectivity index (χ4v) is 3.93. The summed E-state index contributed by atoms with van der Waals surface area (Å²) in [5.74, 6) is 0. The van der Waals surface area contributed by atoms with E-state index in [-0.39, 0.29) is 4.90 Å². The van der Waals surface area contributed by atoms with Crippen molar-refractivity contribution in [1.82, 2.24) is 0 Å². The van der Waals surface area contributed by atoms with Crippen molar-refractivity contribution >= 4 is 31.6 Å². The van der Waals surface area contributed by atoms with Gasteiger partial charge >= 0.3 is 0 Å². The van der Waals surface area contributed by atoms with Gasteiger partial charge in [-0.15, -0.1) is 0 Å². The zero-order chi connectivity index (χ0) is 14.8. The van der Waals surface area contributed by atoms with Crippen molar-refractivity contribution < 1.29 is 8.42 Å². The number of aryl methyl sites for hydroxylation is 1. The first-order chi connectivity index (χ1) is 9.42. The van der Waals surface area contributed by atoms with Crippen LogP contribution < -0.4 is 4.72 Å². The third kappa shape index (κ3) is 3.18. The van der Waals surface area contributed by atoms with Crippen molar-refractivity contribution in [3.8, 4) is 6.07 Å². The van der Waals surface area contributed by atoms with E-state index in [4.69, 9.17) is 5.26 Å². The van der Waals surface area contributed by atoms with Crippen LogP contribution in [0.5, 0.6) is 0 Å². The van der Waals surface area contributed by atoms with Gasteiger partial charge in [0.2, 0.25) is 0 Å². The lowest BCUT2D eigenvalue weighted by atomic mass is 10.2. The van der Waals surface area contributed by atoms with Gasteiger partial charge in [0, 0.05) is 4.47 Å². The molecule has 1 N–H and O–H groups in total. The van der Waals surface area contributed by atoms with Crippen molar-refractivity contribution in [1.29, 1.82) is 5.26 Å². The van der Waals surface area contributed by atoms with Crippen LogP contribution in [-0.4, -0.2) is 8.42 Å². The number of halogens is 1. The van der Waals surface area contributed by atoms with Crippen LogP contribution in [0.15, 0.2) is 51.8 Å². The molecule has 0 saturated carbocycles. The average Bonchev–Trinajstić information content (AvgIpc) is 2.37. The van der Waals surface area contributed by atoms with Crippen LogP contribution in [-0.2, 0) is 10.0 Å². The van der Waals surface area contributed by atoms with Crippen LogP contribution >= 0.6 is 15.9 Å². The van der Waals surface area contributed by atoms with E-state index < -0.39 is 10.0 Å². The molecule has 4 nitrogen and oxygen atoms in total. The summed E-state index contributed by atoms with van der Waals surface area (Å²) in [4.78, 5) is 0.158. The highest BCUT2D eigenvalue weighted by Gasteiger charge is 2.17. The van der Waals surface area contributed by atoms with Crippen LogP contribution in [0.4, 0.5) is 5.69 Å². The predicted octanol–water partition coefficient (Wildman–Crippen LogP) is 3.43. The van der Waals surface area contributed by atoms with Gasteiger partial charge in [0.05, 0.1) is 17.3 Å². The van der Waals surface area contributed by atoms with E-state index in [1.54, 1.807) is 30.3 Å². The Morgan fingerprint density at radius 1 is 1.20 bits per heavy atom. The lowest BCUT2D eigenvalue weighted by Crippen LogP contribution is -2.13. The zero-order valence-corrected chi connectivity index (χ0v) is 13.0. The number of nitrogens with one attached hydrogen (secondary N) is 1. The molecule has 0 aliphatic rings. The van der Waals surface area contributed by atoms with Gasteiger partial charge in [-0.3, -0.25) is 4.72 Å². The molecule has 0 bridgehead atoms. The number of hydrogen-bond acceptors (Lipinski definition) is 3. The van der Waals surface area contributed by atoms with Crippen LogP contribution in [0, 0.1) is 18.3 Å². The number of sulfonamides is 1. The Hall–Kier alpha value is -1.84. The molecule has 0 aliphatic heterocycles. The molecule has 0 fully saturated rings. The van der Waals surface area contributed by atoms with Gasteiger partial charge in [0.25, 0.3) is 10.0 Å². The number of nitrogens with zero attached hydrogens (tertiary/aromatic N) is 1. The number of anilines is 1. The molecule has 0 aliphatic carbocycles. The largest absolute Gasteiger partial charge is 0.280 e. The van der Waals surface area contributed by atoms with Crippen molar-refractivity contribution in [2.45, 2.75) is 11.8 Å². The number of benzene rings is 2. The van der Waals surface area contributed by atoms with Gasteiger partial charge in [-0.25, -0.2) is 8.42 Å². The summed E-state index contributed by atoms with van der Waals surface area (Å²) < 4.78 is 27.6. The molecule has 0 aromatic heterocycles. The van der Waals surface area contributed by atoms with E-state index in [9.17, 15) is 8.42 Å². The molecule has 0 heterocycles. The molecule has 2 rings (SSSR count). The van der Waals surface area contributed by atoms with Crippen LogP contribution in [0.2, 0.25) is 0 Å². The molecule has 0 radical (unpaired) electrons. The van der Waals surface area contributed by atoms with Gasteiger partial charge in [-0.1, -0.05) is 12.1 Å². The molecule has 102 valence electrons. The first-order valence-electron chi connectivity index (χ1n) is 5.71. The Labute approximate surface area is 126 Å². The fourth-order valence-electron chi connectivity index (χ4n) is 1.69. The Balaban J connectivity index is 2.38. The normalized spacial score (nSPS) is 10.8. The Kier molecular flexibility index (Phi) is 4.12. The van der Waals surface area contributed by atoms with Gasteiger partial charge in [0.15, 0.2) is 0 Å². The Morgan fingerprint density at radius 2 is 1.95 bits per heavy atom. The highest BCUT2D eigenvalue weighted by atomic mass is 79.9. The minimum Gasteiger partial charge on any atom is -0.280 e. The van der Waals surface area contributed by atoms with E-state index in [1.807, 2.05) is 13.0 Å². The predicted molar refractivity (Wildman–Crippen MR) is 80.8 cm³/mol. The molecular formula is C14H11BrN2O2S. The third-order valence-electron chi connectivity index (χ3n) is 2.62. The second-order valence-electron chi connectivity index (χ2n) is 4.23. The van der Waals surface area contributed by atoms with Gasteiger partial charge in [-0.05, 0) is 58.7 Å². The number of hydrogen-bond donors (Lipinski definition) is 1. The number of nitriles is 1. The molecule has 2 aromatic carbocycles. The fraction of sp³-hybridized carbons (Fsp3) is 0.0714. The maximum Gasteiger partial charge on any atom is 0.263 e. The molecule has 0 amide bonds. The van der Waals surface area contributed by atoms with Crippen molar-refractivity contribution in [3.63, 3.8) is 0 Å². The van der Waals surface area contributed by atoms with Crippen LogP contribution in [0.25, 0.3) is 0 Å². The van der Waals surface area contributed by atoms with Crippen molar-refractivity contribution in [2.75, 3.05) is 4.72 Å². The molecule has 0 unspecified atom stereocenters. The lowest BCUT2D eigenvalue weighted by molar-refractivity contribution is 0.600. The SMILES string of the molecule is Cc1ccc(S(=O)(=O)Nc2cccc(C#N)c2)c(Br)c1. The van der Waals surface area contributed by atoms with Crippen molar-refractivity contribution in [2.24, 2.45) is 0 Å². The summed E-state index contributed by atoms with van der Waals surface area (Å²) in [6.07, 6.45) is 0. The standard InChI is InChI=1S/C14H11BrN2O2S/c1-10-5-6-14(13(15)7-10)20(18,19)17-12-4-2-3-11(8-12)9-16/h2-8,17H,1H3. The number of rotatable bonds is 3. The van der Waals surface area contributed by atoms with Gasteiger partial charge in [0.1, 0.15) is 4.90 Å². The highest BCUT2D eigenvalue weighted by molar-refractivity contribution is 9.10. The first-order valence-corrected chi connectivity index (χ1v) is 7.99. The molecule has 0 saturated heterocycles. The van der Waals surface area contributed by atoms with Gasteiger partial charge < -0.3 is 0 Å². The summed E-state index contributed by atoms with van der Waals surface area (Å²) in [6.45, 7) is 1.88. The smallest absolute Gasteiger partial charge is 0.263 e. The zero-order valence-electron chi connectivity index (χ0n) is 10.6. The van der Waals surface area contributed by atoms with E-state index in [1.165, 1.54) is 12.1 Å². The molecule has 20 heavy (non-hydrogen) atoms. The monoisotopic (exact) mass is 350 g/mol. The molecular weight excluding hydrogens is 340 g/mol.